The second kappa shape index (κ2) is 6.06. The molecule has 1 rings (SSSR count). The van der Waals surface area contributed by atoms with Gasteiger partial charge in [0.05, 0.1) is 12.1 Å². The Morgan fingerprint density at radius 2 is 2.29 bits per heavy atom. The first kappa shape index (κ1) is 11.6. The van der Waals surface area contributed by atoms with Gasteiger partial charge in [0.15, 0.2) is 0 Å². The van der Waals surface area contributed by atoms with E-state index in [0.717, 1.165) is 13.0 Å². The second-order valence-corrected chi connectivity index (χ2v) is 3.90. The van der Waals surface area contributed by atoms with Crippen molar-refractivity contribution in [3.63, 3.8) is 0 Å². The maximum atomic E-state index is 5.61. The lowest BCUT2D eigenvalue weighted by molar-refractivity contribution is 0.0824. The fourth-order valence-corrected chi connectivity index (χ4v) is 1.80. The number of hydrogen-bond donors (Lipinski definition) is 1. The first-order valence-corrected chi connectivity index (χ1v) is 5.60. The molecular weight excluding hydrogens is 174 g/mol. The van der Waals surface area contributed by atoms with Gasteiger partial charge in [-0.15, -0.1) is 5.92 Å². The molecule has 0 amide bonds. The van der Waals surface area contributed by atoms with Crippen LogP contribution in [0.25, 0.3) is 0 Å². The minimum Gasteiger partial charge on any atom is -0.377 e. The average Bonchev–Trinajstić information content (AvgIpc) is 2.67. The van der Waals surface area contributed by atoms with Gasteiger partial charge in [-0.05, 0) is 26.7 Å². The van der Waals surface area contributed by atoms with Crippen molar-refractivity contribution in [1.29, 1.82) is 0 Å². The molecule has 2 heteroatoms. The molecule has 3 atom stereocenters. The fourth-order valence-electron chi connectivity index (χ4n) is 1.80. The molecule has 0 saturated carbocycles. The highest BCUT2D eigenvalue weighted by Crippen LogP contribution is 2.15. The fraction of sp³-hybridized carbons (Fsp3) is 0.833. The van der Waals surface area contributed by atoms with E-state index in [-0.39, 0.29) is 6.04 Å². The highest BCUT2D eigenvalue weighted by molar-refractivity contribution is 5.06. The molecule has 14 heavy (non-hydrogen) atoms. The summed E-state index contributed by atoms with van der Waals surface area (Å²) in [6, 6.07) is 0.688. The number of ether oxygens (including phenoxy) is 1. The van der Waals surface area contributed by atoms with Crippen molar-refractivity contribution in [1.82, 2.24) is 5.32 Å². The Kier molecular flexibility index (Phi) is 5.00. The van der Waals surface area contributed by atoms with Crippen LogP contribution in [0.5, 0.6) is 0 Å². The van der Waals surface area contributed by atoms with E-state index >= 15 is 0 Å². The van der Waals surface area contributed by atoms with Crippen LogP contribution in [-0.4, -0.2) is 24.8 Å². The number of rotatable bonds is 3. The number of nitrogens with one attached hydrogen (secondary N) is 1. The van der Waals surface area contributed by atoms with Crippen LogP contribution in [0, 0.1) is 11.8 Å². The maximum absolute atomic E-state index is 5.61. The van der Waals surface area contributed by atoms with Gasteiger partial charge >= 0.3 is 0 Å². The molecule has 0 aromatic heterocycles. The van der Waals surface area contributed by atoms with E-state index in [4.69, 9.17) is 4.74 Å². The van der Waals surface area contributed by atoms with Crippen LogP contribution in [0.1, 0.15) is 40.0 Å². The van der Waals surface area contributed by atoms with Crippen molar-refractivity contribution in [3.05, 3.63) is 0 Å². The van der Waals surface area contributed by atoms with Crippen LogP contribution in [0.2, 0.25) is 0 Å². The van der Waals surface area contributed by atoms with Gasteiger partial charge < -0.3 is 4.74 Å². The maximum Gasteiger partial charge on any atom is 0.0726 e. The lowest BCUT2D eigenvalue weighted by atomic mass is 10.1. The van der Waals surface area contributed by atoms with E-state index in [0.29, 0.717) is 12.1 Å². The molecule has 1 N–H and O–H groups in total. The number of hydrogen-bond acceptors (Lipinski definition) is 2. The summed E-state index contributed by atoms with van der Waals surface area (Å²) in [6.45, 7) is 7.28. The van der Waals surface area contributed by atoms with Crippen molar-refractivity contribution >= 4 is 0 Å². The molecular formula is C12H21NO. The molecule has 1 heterocycles. The van der Waals surface area contributed by atoms with Crippen molar-refractivity contribution in [2.75, 3.05) is 6.61 Å². The third-order valence-electron chi connectivity index (χ3n) is 2.53. The largest absolute Gasteiger partial charge is 0.377 e. The van der Waals surface area contributed by atoms with Gasteiger partial charge in [0.25, 0.3) is 0 Å². The Labute approximate surface area is 87.4 Å². The Balaban J connectivity index is 2.27. The first-order chi connectivity index (χ1) is 6.74. The summed E-state index contributed by atoms with van der Waals surface area (Å²) >= 11 is 0. The predicted molar refractivity (Wildman–Crippen MR) is 59.1 cm³/mol. The quantitative estimate of drug-likeness (QED) is 0.695. The van der Waals surface area contributed by atoms with E-state index in [1.807, 2.05) is 0 Å². The predicted octanol–water partition coefficient (Wildman–Crippen LogP) is 1.95. The molecule has 0 radical (unpaired) electrons. The average molecular weight is 195 g/mol. The summed E-state index contributed by atoms with van der Waals surface area (Å²) in [5.74, 6) is 6.26. The Morgan fingerprint density at radius 1 is 1.50 bits per heavy atom. The first-order valence-electron chi connectivity index (χ1n) is 5.60. The summed E-state index contributed by atoms with van der Waals surface area (Å²) in [4.78, 5) is 0. The van der Waals surface area contributed by atoms with Gasteiger partial charge in [0.1, 0.15) is 0 Å². The van der Waals surface area contributed by atoms with E-state index in [1.165, 1.54) is 12.8 Å². The summed E-state index contributed by atoms with van der Waals surface area (Å²) in [7, 11) is 0. The molecule has 80 valence electrons. The minimum atomic E-state index is 0.272. The molecule has 0 spiro atoms. The Morgan fingerprint density at radius 3 is 2.86 bits per heavy atom. The smallest absolute Gasteiger partial charge is 0.0726 e. The Hall–Kier alpha value is -0.520. The van der Waals surface area contributed by atoms with Crippen LogP contribution < -0.4 is 5.32 Å². The third kappa shape index (κ3) is 3.69. The van der Waals surface area contributed by atoms with Crippen molar-refractivity contribution in [3.8, 4) is 11.8 Å². The highest BCUT2D eigenvalue weighted by Gasteiger charge is 2.22. The molecule has 3 unspecified atom stereocenters. The molecule has 1 fully saturated rings. The van der Waals surface area contributed by atoms with E-state index in [9.17, 15) is 0 Å². The summed E-state index contributed by atoms with van der Waals surface area (Å²) in [5.41, 5.74) is 0. The van der Waals surface area contributed by atoms with Crippen LogP contribution in [0.4, 0.5) is 0 Å². The minimum absolute atomic E-state index is 0.272. The zero-order valence-electron chi connectivity index (χ0n) is 9.47. The zero-order valence-corrected chi connectivity index (χ0v) is 9.47. The summed E-state index contributed by atoms with van der Waals surface area (Å²) in [5, 5.41) is 3.46. The molecule has 1 aliphatic heterocycles. The molecule has 1 saturated heterocycles. The summed E-state index contributed by atoms with van der Waals surface area (Å²) in [6.07, 6.45) is 3.70. The van der Waals surface area contributed by atoms with Gasteiger partial charge in [-0.3, -0.25) is 5.32 Å². The van der Waals surface area contributed by atoms with E-state index in [1.54, 1.807) is 0 Å². The topological polar surface area (TPSA) is 21.3 Å². The van der Waals surface area contributed by atoms with Gasteiger partial charge in [-0.1, -0.05) is 12.8 Å². The van der Waals surface area contributed by atoms with E-state index < -0.39 is 0 Å². The second-order valence-electron chi connectivity index (χ2n) is 3.90. The lowest BCUT2D eigenvalue weighted by Crippen LogP contribution is -2.41. The molecule has 0 aromatic carbocycles. The van der Waals surface area contributed by atoms with Crippen LogP contribution in [-0.2, 0) is 4.74 Å². The lowest BCUT2D eigenvalue weighted by Gasteiger charge is -2.21. The van der Waals surface area contributed by atoms with Gasteiger partial charge in [-0.2, -0.15) is 0 Å². The van der Waals surface area contributed by atoms with Gasteiger partial charge in [0.2, 0.25) is 0 Å². The Bertz CT molecular complexity index is 210. The highest BCUT2D eigenvalue weighted by atomic mass is 16.5. The molecule has 1 aliphatic rings. The molecule has 2 nitrogen and oxygen atoms in total. The summed E-state index contributed by atoms with van der Waals surface area (Å²) < 4.78 is 5.61. The van der Waals surface area contributed by atoms with Crippen LogP contribution in [0.3, 0.4) is 0 Å². The van der Waals surface area contributed by atoms with Gasteiger partial charge in [0, 0.05) is 19.1 Å². The van der Waals surface area contributed by atoms with Crippen molar-refractivity contribution in [2.24, 2.45) is 0 Å². The van der Waals surface area contributed by atoms with Gasteiger partial charge in [-0.25, -0.2) is 0 Å². The zero-order chi connectivity index (χ0) is 10.4. The van der Waals surface area contributed by atoms with Crippen molar-refractivity contribution in [2.45, 2.75) is 58.2 Å². The third-order valence-corrected chi connectivity index (χ3v) is 2.53. The van der Waals surface area contributed by atoms with Crippen LogP contribution >= 0.6 is 0 Å². The SMILES string of the molecule is CCC#CC(C)NC(C)C1CCCO1. The monoisotopic (exact) mass is 195 g/mol. The van der Waals surface area contributed by atoms with E-state index in [2.05, 4.69) is 37.9 Å². The normalized spacial score (nSPS) is 25.2. The standard InChI is InChI=1S/C12H21NO/c1-4-5-7-10(2)13-11(3)12-8-6-9-14-12/h10-13H,4,6,8-9H2,1-3H3. The van der Waals surface area contributed by atoms with Crippen molar-refractivity contribution < 1.29 is 4.74 Å². The molecule has 0 aromatic rings. The molecule has 0 aliphatic carbocycles. The van der Waals surface area contributed by atoms with Crippen LogP contribution in [0.15, 0.2) is 0 Å². The molecule has 0 bridgehead atoms.